The Balaban J connectivity index is 1.64. The van der Waals surface area contributed by atoms with Crippen molar-refractivity contribution in [2.75, 3.05) is 20.3 Å². The summed E-state index contributed by atoms with van der Waals surface area (Å²) in [5.41, 5.74) is -4.22. The number of unbranched alkanes of at least 4 members (excludes halogenated alkanes) is 1. The summed E-state index contributed by atoms with van der Waals surface area (Å²) in [7, 11) is 0.811. The molecule has 226 valence electrons. The van der Waals surface area contributed by atoms with Gasteiger partial charge in [0, 0.05) is 29.9 Å². The standard InChI is InChI=1S/C28H24F3N3O9/c1-14-20(26(37)38)21(22(27(39)42-2)23(32-14)28(29,30)31)18-13-15(34(40)41)9-10-19(18)43-12-6-5-11-33-24(35)16-7-3-4-8-17(16)25(33)36/h3-4,7-10,13,21,32H,5-6,11-12H2,1-2H3,(H,37,38). The summed E-state index contributed by atoms with van der Waals surface area (Å²) >= 11 is 0. The minimum absolute atomic E-state index is 0.0480. The summed E-state index contributed by atoms with van der Waals surface area (Å²) in [5.74, 6) is -6.26. The molecule has 2 aliphatic rings. The fourth-order valence-electron chi connectivity index (χ4n) is 4.98. The van der Waals surface area contributed by atoms with Crippen LogP contribution in [-0.2, 0) is 14.3 Å². The molecule has 2 aromatic rings. The molecule has 0 aromatic heterocycles. The SMILES string of the molecule is COC(=O)C1=C(C(F)(F)F)NC(C)=C(C(=O)O)C1c1cc([N+](=O)[O-])ccc1OCCCCN1C(=O)c2ccccc2C1=O. The lowest BCUT2D eigenvalue weighted by atomic mass is 9.79. The Morgan fingerprint density at radius 2 is 1.70 bits per heavy atom. The minimum Gasteiger partial charge on any atom is -0.493 e. The molecular weight excluding hydrogens is 579 g/mol. The number of alkyl halides is 3. The number of fused-ring (bicyclic) bond motifs is 1. The number of hydrogen-bond acceptors (Lipinski definition) is 9. The molecule has 0 fully saturated rings. The topological polar surface area (TPSA) is 165 Å². The van der Waals surface area contributed by atoms with E-state index >= 15 is 0 Å². The molecule has 0 aliphatic carbocycles. The van der Waals surface area contributed by atoms with Gasteiger partial charge in [0.2, 0.25) is 0 Å². The van der Waals surface area contributed by atoms with Crippen LogP contribution in [-0.4, -0.2) is 65.1 Å². The van der Waals surface area contributed by atoms with E-state index < -0.39 is 69.0 Å². The number of nitro benzene ring substituents is 1. The predicted molar refractivity (Wildman–Crippen MR) is 141 cm³/mol. The Labute approximate surface area is 241 Å². The molecular formula is C28H24F3N3O9. The molecule has 1 atom stereocenters. The van der Waals surface area contributed by atoms with E-state index in [0.29, 0.717) is 0 Å². The van der Waals surface area contributed by atoms with Crippen molar-refractivity contribution in [3.8, 4) is 5.75 Å². The molecule has 0 saturated heterocycles. The van der Waals surface area contributed by atoms with Crippen LogP contribution in [0.2, 0.25) is 0 Å². The zero-order chi connectivity index (χ0) is 31.6. The van der Waals surface area contributed by atoms with Crippen molar-refractivity contribution in [3.05, 3.63) is 91.8 Å². The second-order valence-electron chi connectivity index (χ2n) is 9.52. The van der Waals surface area contributed by atoms with Gasteiger partial charge in [-0.15, -0.1) is 0 Å². The van der Waals surface area contributed by atoms with Crippen molar-refractivity contribution < 1.29 is 51.9 Å². The van der Waals surface area contributed by atoms with E-state index in [1.807, 2.05) is 5.32 Å². The number of nitrogens with one attached hydrogen (secondary N) is 1. The molecule has 2 aliphatic heterocycles. The maximum Gasteiger partial charge on any atom is 0.431 e. The van der Waals surface area contributed by atoms with E-state index in [-0.39, 0.29) is 48.4 Å². The number of rotatable bonds is 10. The van der Waals surface area contributed by atoms with Gasteiger partial charge >= 0.3 is 18.1 Å². The van der Waals surface area contributed by atoms with Crippen molar-refractivity contribution >= 4 is 29.4 Å². The number of nitro groups is 1. The van der Waals surface area contributed by atoms with Gasteiger partial charge in [-0.2, -0.15) is 13.2 Å². The number of non-ortho nitro benzene ring substituents is 1. The average molecular weight is 604 g/mol. The average Bonchev–Trinajstić information content (AvgIpc) is 3.20. The van der Waals surface area contributed by atoms with E-state index in [1.165, 1.54) is 0 Å². The number of esters is 1. The second-order valence-corrected chi connectivity index (χ2v) is 9.52. The number of allylic oxidation sites excluding steroid dienone is 2. The van der Waals surface area contributed by atoms with Crippen LogP contribution in [0.3, 0.4) is 0 Å². The van der Waals surface area contributed by atoms with Gasteiger partial charge in [0.15, 0.2) is 0 Å². The Hall–Kier alpha value is -5.21. The van der Waals surface area contributed by atoms with Gasteiger partial charge in [-0.25, -0.2) is 9.59 Å². The van der Waals surface area contributed by atoms with Crippen LogP contribution in [0, 0.1) is 10.1 Å². The lowest BCUT2D eigenvalue weighted by molar-refractivity contribution is -0.384. The molecule has 2 aromatic carbocycles. The third-order valence-electron chi connectivity index (χ3n) is 6.91. The molecule has 2 N–H and O–H groups in total. The first-order valence-corrected chi connectivity index (χ1v) is 12.7. The summed E-state index contributed by atoms with van der Waals surface area (Å²) in [6, 6.07) is 9.30. The zero-order valence-electron chi connectivity index (χ0n) is 22.7. The van der Waals surface area contributed by atoms with Crippen LogP contribution < -0.4 is 10.1 Å². The van der Waals surface area contributed by atoms with Gasteiger partial charge < -0.3 is 19.9 Å². The number of carboxylic acids is 1. The number of methoxy groups -OCH3 is 1. The number of carboxylic acid groups (broad SMARTS) is 1. The van der Waals surface area contributed by atoms with E-state index in [4.69, 9.17) is 4.74 Å². The molecule has 0 radical (unpaired) electrons. The first-order valence-electron chi connectivity index (χ1n) is 12.7. The maximum absolute atomic E-state index is 14.1. The highest BCUT2D eigenvalue weighted by Crippen LogP contribution is 2.46. The fraction of sp³-hybridized carbons (Fsp3) is 0.286. The van der Waals surface area contributed by atoms with Crippen LogP contribution >= 0.6 is 0 Å². The monoisotopic (exact) mass is 603 g/mol. The molecule has 15 heteroatoms. The second kappa shape index (κ2) is 12.0. The fourth-order valence-corrected chi connectivity index (χ4v) is 4.98. The number of carbonyl (C=O) groups is 4. The van der Waals surface area contributed by atoms with E-state index in [0.717, 1.165) is 37.1 Å². The van der Waals surface area contributed by atoms with Gasteiger partial charge in [0.05, 0.1) is 46.8 Å². The number of benzene rings is 2. The quantitative estimate of drug-likeness (QED) is 0.133. The summed E-state index contributed by atoms with van der Waals surface area (Å²) in [6.45, 7) is 0.979. The number of aliphatic carboxylic acids is 1. The summed E-state index contributed by atoms with van der Waals surface area (Å²) in [4.78, 5) is 61.9. The first kappa shape index (κ1) is 30.7. The number of amides is 2. The summed E-state index contributed by atoms with van der Waals surface area (Å²) in [6.07, 6.45) is -4.66. The van der Waals surface area contributed by atoms with Crippen molar-refractivity contribution in [2.45, 2.75) is 31.9 Å². The van der Waals surface area contributed by atoms with Gasteiger partial charge in [-0.1, -0.05) is 12.1 Å². The number of carbonyl (C=O) groups excluding carboxylic acids is 3. The highest BCUT2D eigenvalue weighted by Gasteiger charge is 2.48. The van der Waals surface area contributed by atoms with E-state index in [2.05, 4.69) is 4.74 Å². The van der Waals surface area contributed by atoms with Gasteiger partial charge in [-0.3, -0.25) is 24.6 Å². The Morgan fingerprint density at radius 3 is 2.23 bits per heavy atom. The van der Waals surface area contributed by atoms with Crippen molar-refractivity contribution in [1.82, 2.24) is 10.2 Å². The molecule has 2 amide bonds. The van der Waals surface area contributed by atoms with Crippen LogP contribution in [0.25, 0.3) is 0 Å². The number of dihydropyridines is 1. The van der Waals surface area contributed by atoms with Gasteiger partial charge in [0.1, 0.15) is 11.4 Å². The summed E-state index contributed by atoms with van der Waals surface area (Å²) < 4.78 is 52.5. The first-order chi connectivity index (χ1) is 20.3. The maximum atomic E-state index is 14.1. The Kier molecular flexibility index (Phi) is 8.55. The number of ether oxygens (including phenoxy) is 2. The number of nitrogens with zero attached hydrogens (tertiary/aromatic N) is 2. The zero-order valence-corrected chi connectivity index (χ0v) is 22.7. The molecule has 2 heterocycles. The third kappa shape index (κ3) is 5.91. The minimum atomic E-state index is -5.15. The third-order valence-corrected chi connectivity index (χ3v) is 6.91. The van der Waals surface area contributed by atoms with Crippen LogP contribution in [0.15, 0.2) is 65.0 Å². The van der Waals surface area contributed by atoms with Crippen molar-refractivity contribution in [2.24, 2.45) is 0 Å². The highest BCUT2D eigenvalue weighted by molar-refractivity contribution is 6.21. The molecule has 12 nitrogen and oxygen atoms in total. The van der Waals surface area contributed by atoms with Crippen LogP contribution in [0.5, 0.6) is 5.75 Å². The molecule has 0 saturated carbocycles. The van der Waals surface area contributed by atoms with Crippen molar-refractivity contribution in [3.63, 3.8) is 0 Å². The molecule has 43 heavy (non-hydrogen) atoms. The lowest BCUT2D eigenvalue weighted by Gasteiger charge is -2.32. The largest absolute Gasteiger partial charge is 0.493 e. The Morgan fingerprint density at radius 1 is 1.07 bits per heavy atom. The van der Waals surface area contributed by atoms with E-state index in [9.17, 15) is 47.6 Å². The Bertz CT molecular complexity index is 1560. The van der Waals surface area contributed by atoms with E-state index in [1.54, 1.807) is 24.3 Å². The smallest absolute Gasteiger partial charge is 0.431 e. The summed E-state index contributed by atoms with van der Waals surface area (Å²) in [5, 5.41) is 23.4. The molecule has 0 bridgehead atoms. The highest BCUT2D eigenvalue weighted by atomic mass is 19.4. The number of hydrogen-bond donors (Lipinski definition) is 2. The molecule has 1 unspecified atom stereocenters. The van der Waals surface area contributed by atoms with Crippen LogP contribution in [0.1, 0.15) is 52.0 Å². The molecule has 4 rings (SSSR count). The number of imide groups is 1. The molecule has 0 spiro atoms. The lowest BCUT2D eigenvalue weighted by Crippen LogP contribution is -2.38. The van der Waals surface area contributed by atoms with Gasteiger partial charge in [0.25, 0.3) is 17.5 Å². The van der Waals surface area contributed by atoms with Crippen molar-refractivity contribution in [1.29, 1.82) is 0 Å². The number of halogens is 3. The predicted octanol–water partition coefficient (Wildman–Crippen LogP) is 4.08. The van der Waals surface area contributed by atoms with Gasteiger partial charge in [-0.05, 0) is 38.0 Å². The van der Waals surface area contributed by atoms with Crippen LogP contribution in [0.4, 0.5) is 18.9 Å². The normalized spacial score (nSPS) is 16.7.